The van der Waals surface area contributed by atoms with Gasteiger partial charge in [-0.1, -0.05) is 0 Å². The Balaban J connectivity index is 4.56. The van der Waals surface area contributed by atoms with Gasteiger partial charge in [0.15, 0.2) is 0 Å². The number of nitrogens with zero attached hydrogens (tertiary/aromatic N) is 2. The zero-order chi connectivity index (χ0) is 8.15. The molecule has 0 aromatic heterocycles. The highest BCUT2D eigenvalue weighted by Gasteiger charge is 2.03. The Morgan fingerprint density at radius 1 is 1.30 bits per heavy atom. The molecule has 3 N–H and O–H groups in total. The van der Waals surface area contributed by atoms with Crippen molar-refractivity contribution in [2.75, 3.05) is 14.1 Å². The molecule has 56 valence electrons. The van der Waals surface area contributed by atoms with E-state index in [2.05, 4.69) is 9.98 Å². The summed E-state index contributed by atoms with van der Waals surface area (Å²) in [5, 5.41) is 7.19. The highest BCUT2D eigenvalue weighted by atomic mass is 14.9. The van der Waals surface area contributed by atoms with E-state index in [1.54, 1.807) is 21.0 Å². The van der Waals surface area contributed by atoms with Crippen LogP contribution in [-0.4, -0.2) is 31.4 Å². The summed E-state index contributed by atoms with van der Waals surface area (Å²) < 4.78 is 0. The Morgan fingerprint density at radius 3 is 1.90 bits per heavy atom. The molecule has 0 aliphatic heterocycles. The minimum absolute atomic E-state index is 0.315. The minimum atomic E-state index is 0.315. The van der Waals surface area contributed by atoms with Crippen LogP contribution in [0.5, 0.6) is 0 Å². The fourth-order valence-corrected chi connectivity index (χ4v) is 0.580. The van der Waals surface area contributed by atoms with Gasteiger partial charge >= 0.3 is 0 Å². The van der Waals surface area contributed by atoms with Crippen LogP contribution in [0.4, 0.5) is 0 Å². The number of hydrogen-bond donors (Lipinski definition) is 2. The third-order valence-electron chi connectivity index (χ3n) is 1.06. The number of nitrogens with one attached hydrogen (secondary N) is 1. The fourth-order valence-electron chi connectivity index (χ4n) is 0.580. The highest BCUT2D eigenvalue weighted by Crippen LogP contribution is 1.80. The Hall–Kier alpha value is -1.19. The molecule has 0 unspecified atom stereocenters. The Bertz CT molecular complexity index is 190. The number of rotatable bonds is 2. The summed E-state index contributed by atoms with van der Waals surface area (Å²) in [7, 11) is 3.16. The van der Waals surface area contributed by atoms with E-state index < -0.39 is 0 Å². The molecule has 0 aromatic rings. The van der Waals surface area contributed by atoms with Crippen LogP contribution in [-0.2, 0) is 0 Å². The number of nitrogens with two attached hydrogens (primary N) is 1. The van der Waals surface area contributed by atoms with Crippen LogP contribution in [0.3, 0.4) is 0 Å². The van der Waals surface area contributed by atoms with Crippen molar-refractivity contribution in [3.8, 4) is 0 Å². The van der Waals surface area contributed by atoms with Crippen molar-refractivity contribution in [3.05, 3.63) is 0 Å². The second kappa shape index (κ2) is 3.76. The van der Waals surface area contributed by atoms with Gasteiger partial charge in [-0.3, -0.25) is 9.98 Å². The van der Waals surface area contributed by atoms with Crippen molar-refractivity contribution >= 4 is 17.3 Å². The normalized spacial score (nSPS) is 13.5. The fraction of sp³-hybridized carbons (Fsp3) is 0.500. The number of hydrogen-bond acceptors (Lipinski definition) is 3. The van der Waals surface area contributed by atoms with E-state index in [0.29, 0.717) is 17.3 Å². The molecule has 0 bridgehead atoms. The summed E-state index contributed by atoms with van der Waals surface area (Å²) in [4.78, 5) is 7.50. The largest absolute Gasteiger partial charge is 0.382 e. The van der Waals surface area contributed by atoms with Crippen molar-refractivity contribution in [1.82, 2.24) is 0 Å². The summed E-state index contributed by atoms with van der Waals surface area (Å²) in [6, 6.07) is 0. The quantitative estimate of drug-likeness (QED) is 0.414. The molecule has 0 amide bonds. The van der Waals surface area contributed by atoms with Crippen molar-refractivity contribution in [3.63, 3.8) is 0 Å². The van der Waals surface area contributed by atoms with Gasteiger partial charge in [0.05, 0.1) is 5.71 Å². The molecule has 4 nitrogen and oxygen atoms in total. The van der Waals surface area contributed by atoms with Gasteiger partial charge < -0.3 is 11.1 Å². The molecule has 0 aromatic carbocycles. The van der Waals surface area contributed by atoms with Gasteiger partial charge in [0, 0.05) is 14.1 Å². The molecule has 0 spiro atoms. The molecular formula is C6H12N4. The third kappa shape index (κ3) is 1.97. The number of aliphatic imine (C=N–C) groups is 2. The van der Waals surface area contributed by atoms with Crippen LogP contribution in [0.1, 0.15) is 6.92 Å². The molecule has 0 saturated heterocycles. The van der Waals surface area contributed by atoms with Gasteiger partial charge in [-0.25, -0.2) is 0 Å². The van der Waals surface area contributed by atoms with E-state index in [9.17, 15) is 0 Å². The summed E-state index contributed by atoms with van der Waals surface area (Å²) in [5.74, 6) is 0.315. The molecule has 0 heterocycles. The first kappa shape index (κ1) is 8.81. The molecule has 0 fully saturated rings. The molecule has 0 atom stereocenters. The molecule has 4 heteroatoms. The van der Waals surface area contributed by atoms with Crippen LogP contribution >= 0.6 is 0 Å². The molecule has 0 radical (unpaired) electrons. The smallest absolute Gasteiger partial charge is 0.145 e. The Morgan fingerprint density at radius 2 is 1.80 bits per heavy atom. The molecule has 10 heavy (non-hydrogen) atoms. The lowest BCUT2D eigenvalue weighted by molar-refractivity contribution is 1.39. The Kier molecular flexibility index (Phi) is 3.32. The first-order chi connectivity index (χ1) is 4.63. The van der Waals surface area contributed by atoms with Crippen LogP contribution in [0.2, 0.25) is 0 Å². The minimum Gasteiger partial charge on any atom is -0.382 e. The van der Waals surface area contributed by atoms with Crippen LogP contribution in [0.25, 0.3) is 0 Å². The Labute approximate surface area is 60.4 Å². The van der Waals surface area contributed by atoms with Crippen molar-refractivity contribution in [2.45, 2.75) is 6.92 Å². The van der Waals surface area contributed by atoms with Gasteiger partial charge in [0.2, 0.25) is 0 Å². The van der Waals surface area contributed by atoms with E-state index >= 15 is 0 Å². The predicted octanol–water partition coefficient (Wildman–Crippen LogP) is 0.0839. The molecule has 0 saturated carbocycles. The lowest BCUT2D eigenvalue weighted by Gasteiger charge is -1.99. The van der Waals surface area contributed by atoms with Crippen molar-refractivity contribution in [1.29, 1.82) is 5.41 Å². The van der Waals surface area contributed by atoms with E-state index in [1.807, 2.05) is 0 Å². The standard InChI is InChI=1S/C6H12N4/c1-4(7)5(9-2)6(8)10-3/h7H,1-3H3,(H2,8,10). The van der Waals surface area contributed by atoms with Crippen molar-refractivity contribution < 1.29 is 0 Å². The second-order valence-electron chi connectivity index (χ2n) is 1.81. The predicted molar refractivity (Wildman–Crippen MR) is 44.3 cm³/mol. The van der Waals surface area contributed by atoms with E-state index in [-0.39, 0.29) is 0 Å². The van der Waals surface area contributed by atoms with Crippen LogP contribution in [0, 0.1) is 5.41 Å². The summed E-state index contributed by atoms with van der Waals surface area (Å²) >= 11 is 0. The number of amidine groups is 1. The lowest BCUT2D eigenvalue weighted by atomic mass is 10.2. The zero-order valence-corrected chi connectivity index (χ0v) is 6.47. The van der Waals surface area contributed by atoms with Crippen LogP contribution < -0.4 is 5.73 Å². The SMILES string of the molecule is CN=C(N)C(=NC)C(C)=N. The average molecular weight is 140 g/mol. The summed E-state index contributed by atoms with van der Waals surface area (Å²) in [6.45, 7) is 1.63. The van der Waals surface area contributed by atoms with Crippen molar-refractivity contribution in [2.24, 2.45) is 15.7 Å². The van der Waals surface area contributed by atoms with Gasteiger partial charge in [0.1, 0.15) is 11.5 Å². The molecular weight excluding hydrogens is 128 g/mol. The zero-order valence-electron chi connectivity index (χ0n) is 6.47. The van der Waals surface area contributed by atoms with E-state index in [0.717, 1.165) is 0 Å². The highest BCUT2D eigenvalue weighted by molar-refractivity contribution is 6.66. The van der Waals surface area contributed by atoms with Gasteiger partial charge in [-0.15, -0.1) is 0 Å². The van der Waals surface area contributed by atoms with Gasteiger partial charge in [-0.2, -0.15) is 0 Å². The first-order valence-corrected chi connectivity index (χ1v) is 2.88. The average Bonchev–Trinajstić information content (AvgIpc) is 1.88. The van der Waals surface area contributed by atoms with Gasteiger partial charge in [0.25, 0.3) is 0 Å². The van der Waals surface area contributed by atoms with E-state index in [1.165, 1.54) is 0 Å². The van der Waals surface area contributed by atoms with Crippen LogP contribution in [0.15, 0.2) is 9.98 Å². The molecule has 0 rings (SSSR count). The van der Waals surface area contributed by atoms with E-state index in [4.69, 9.17) is 11.1 Å². The lowest BCUT2D eigenvalue weighted by Crippen LogP contribution is -2.28. The molecule has 0 aliphatic carbocycles. The monoisotopic (exact) mass is 140 g/mol. The maximum atomic E-state index is 7.19. The summed E-state index contributed by atoms with van der Waals surface area (Å²) in [5.41, 5.74) is 6.21. The summed E-state index contributed by atoms with van der Waals surface area (Å²) in [6.07, 6.45) is 0. The maximum absolute atomic E-state index is 7.19. The second-order valence-corrected chi connectivity index (χ2v) is 1.81. The topological polar surface area (TPSA) is 74.6 Å². The van der Waals surface area contributed by atoms with Gasteiger partial charge in [-0.05, 0) is 6.92 Å². The third-order valence-corrected chi connectivity index (χ3v) is 1.06. The molecule has 0 aliphatic rings. The maximum Gasteiger partial charge on any atom is 0.145 e. The first-order valence-electron chi connectivity index (χ1n) is 2.88.